The Hall–Kier alpha value is -2.99. The first kappa shape index (κ1) is 28.0. The van der Waals surface area contributed by atoms with Gasteiger partial charge in [0.1, 0.15) is 24.0 Å². The minimum absolute atomic E-state index is 0.121. The lowest BCUT2D eigenvalue weighted by Crippen LogP contribution is -2.22. The molecule has 12 heteroatoms. The summed E-state index contributed by atoms with van der Waals surface area (Å²) in [5.74, 6) is -1.03. The van der Waals surface area contributed by atoms with E-state index in [1.54, 1.807) is 29.9 Å². The Morgan fingerprint density at radius 2 is 1.84 bits per heavy atom. The van der Waals surface area contributed by atoms with E-state index in [1.807, 2.05) is 0 Å². The molecule has 3 aromatic heterocycles. The second kappa shape index (κ2) is 11.8. The van der Waals surface area contributed by atoms with Crippen molar-refractivity contribution < 1.29 is 22.6 Å². The van der Waals surface area contributed by atoms with Gasteiger partial charge in [0.05, 0.1) is 33.7 Å². The van der Waals surface area contributed by atoms with Crippen molar-refractivity contribution in [1.29, 1.82) is 0 Å². The Bertz CT molecular complexity index is 1410. The van der Waals surface area contributed by atoms with Gasteiger partial charge in [-0.15, -0.1) is 0 Å². The average Bonchev–Trinajstić information content (AvgIpc) is 3.19. The molecule has 0 radical (unpaired) electrons. The second-order valence-corrected chi connectivity index (χ2v) is 16.1. The lowest BCUT2D eigenvalue weighted by molar-refractivity contribution is -0.0496. The molecule has 0 aliphatic heterocycles. The highest BCUT2D eigenvalue weighted by molar-refractivity contribution is 6.76. The predicted molar refractivity (Wildman–Crippen MR) is 145 cm³/mol. The molecule has 1 N–H and O–H groups in total. The number of hydrogen-bond donors (Lipinski definition) is 1. The molecular weight excluding hydrogens is 535 g/mol. The van der Waals surface area contributed by atoms with Gasteiger partial charge in [0, 0.05) is 32.8 Å². The third-order valence-corrected chi connectivity index (χ3v) is 7.71. The number of aromatic nitrogens is 4. The maximum Gasteiger partial charge on any atom is 0.387 e. The lowest BCUT2D eigenvalue weighted by atomic mass is 10.0. The van der Waals surface area contributed by atoms with Crippen LogP contribution in [0.2, 0.25) is 30.7 Å². The van der Waals surface area contributed by atoms with Crippen LogP contribution in [0.15, 0.2) is 42.7 Å². The third kappa shape index (κ3) is 6.71. The molecule has 38 heavy (non-hydrogen) atoms. The Morgan fingerprint density at radius 1 is 1.08 bits per heavy atom. The van der Waals surface area contributed by atoms with Gasteiger partial charge in [0.2, 0.25) is 0 Å². The van der Waals surface area contributed by atoms with E-state index in [4.69, 9.17) is 26.2 Å². The standard InChI is InChI=1S/C26H29ClF3N5O2Si/c1-31-12-16-9-19(28)24(23(10-16)37-26(29)30)21-11-18-22(14-33-21)35(15-36-7-8-38(2,3)4)34-25(18)20-6-5-17(27)13-32-20/h5-6,9-11,13-14,26,31H,7-8,12,15H2,1-4H3. The van der Waals surface area contributed by atoms with Crippen LogP contribution in [-0.4, -0.2) is 48.1 Å². The van der Waals surface area contributed by atoms with Crippen molar-refractivity contribution in [2.75, 3.05) is 13.7 Å². The van der Waals surface area contributed by atoms with E-state index in [-0.39, 0.29) is 30.3 Å². The monoisotopic (exact) mass is 563 g/mol. The first-order valence-electron chi connectivity index (χ1n) is 12.0. The van der Waals surface area contributed by atoms with Gasteiger partial charge < -0.3 is 14.8 Å². The largest absolute Gasteiger partial charge is 0.434 e. The zero-order valence-electron chi connectivity index (χ0n) is 21.6. The number of nitrogens with zero attached hydrogens (tertiary/aromatic N) is 4. The number of benzene rings is 1. The molecule has 0 saturated carbocycles. The number of ether oxygens (including phenoxy) is 2. The summed E-state index contributed by atoms with van der Waals surface area (Å²) in [6, 6.07) is 8.66. The molecule has 0 atom stereocenters. The molecule has 0 unspecified atom stereocenters. The van der Waals surface area contributed by atoms with Gasteiger partial charge in [-0.05, 0) is 49.0 Å². The minimum atomic E-state index is -3.13. The number of hydrogen-bond acceptors (Lipinski definition) is 6. The summed E-state index contributed by atoms with van der Waals surface area (Å²) in [5.41, 5.74) is 2.07. The fourth-order valence-corrected chi connectivity index (χ4v) is 4.79. The van der Waals surface area contributed by atoms with Gasteiger partial charge in [0.25, 0.3) is 0 Å². The summed E-state index contributed by atoms with van der Waals surface area (Å²) in [7, 11) is 0.401. The van der Waals surface area contributed by atoms with Crippen LogP contribution in [0.5, 0.6) is 5.75 Å². The first-order valence-corrected chi connectivity index (χ1v) is 16.1. The first-order chi connectivity index (χ1) is 18.1. The number of halogens is 4. The van der Waals surface area contributed by atoms with Gasteiger partial charge in [0.15, 0.2) is 0 Å². The van der Waals surface area contributed by atoms with Gasteiger partial charge in [-0.2, -0.15) is 13.9 Å². The smallest absolute Gasteiger partial charge is 0.387 e. The summed E-state index contributed by atoms with van der Waals surface area (Å²) in [4.78, 5) is 8.78. The van der Waals surface area contributed by atoms with Crippen LogP contribution in [0.25, 0.3) is 33.5 Å². The van der Waals surface area contributed by atoms with Crippen molar-refractivity contribution in [2.45, 2.75) is 45.6 Å². The van der Waals surface area contributed by atoms with E-state index in [9.17, 15) is 8.78 Å². The fourth-order valence-electron chi connectivity index (χ4n) is 3.92. The molecule has 3 heterocycles. The Labute approximate surface area is 225 Å². The molecule has 4 rings (SSSR count). The van der Waals surface area contributed by atoms with Gasteiger partial charge in [-0.1, -0.05) is 31.2 Å². The van der Waals surface area contributed by atoms with Crippen LogP contribution in [0.3, 0.4) is 0 Å². The van der Waals surface area contributed by atoms with Crippen molar-refractivity contribution >= 4 is 30.6 Å². The van der Waals surface area contributed by atoms with E-state index >= 15 is 4.39 Å². The molecule has 1 aromatic carbocycles. The van der Waals surface area contributed by atoms with E-state index < -0.39 is 20.5 Å². The van der Waals surface area contributed by atoms with E-state index in [0.717, 1.165) is 6.04 Å². The van der Waals surface area contributed by atoms with Crippen molar-refractivity contribution in [3.8, 4) is 28.4 Å². The SMILES string of the molecule is CNCc1cc(F)c(-c2cc3c(-c4ccc(Cl)cn4)nn(COCC[Si](C)(C)C)c3cn2)c(OC(F)F)c1. The van der Waals surface area contributed by atoms with Crippen LogP contribution in [0.4, 0.5) is 13.2 Å². The molecule has 7 nitrogen and oxygen atoms in total. The van der Waals surface area contributed by atoms with Crippen LogP contribution in [-0.2, 0) is 18.0 Å². The topological polar surface area (TPSA) is 74.1 Å². The predicted octanol–water partition coefficient (Wildman–Crippen LogP) is 6.59. The minimum Gasteiger partial charge on any atom is -0.434 e. The van der Waals surface area contributed by atoms with Crippen LogP contribution in [0, 0.1) is 5.82 Å². The molecule has 202 valence electrons. The van der Waals surface area contributed by atoms with Gasteiger partial charge in [-0.25, -0.2) is 9.07 Å². The third-order valence-electron chi connectivity index (χ3n) is 5.78. The Balaban J connectivity index is 1.81. The van der Waals surface area contributed by atoms with Crippen molar-refractivity contribution in [1.82, 2.24) is 25.1 Å². The zero-order valence-corrected chi connectivity index (χ0v) is 23.3. The second-order valence-electron chi connectivity index (χ2n) is 10.0. The number of nitrogens with one attached hydrogen (secondary N) is 1. The van der Waals surface area contributed by atoms with Crippen molar-refractivity contribution in [3.05, 3.63) is 59.1 Å². The fraction of sp³-hybridized carbons (Fsp3) is 0.346. The summed E-state index contributed by atoms with van der Waals surface area (Å²) < 4.78 is 54.0. The number of rotatable bonds is 11. The maximum absolute atomic E-state index is 15.3. The molecule has 0 spiro atoms. The molecule has 0 saturated heterocycles. The highest BCUT2D eigenvalue weighted by Gasteiger charge is 2.22. The maximum atomic E-state index is 15.3. The molecule has 4 aromatic rings. The van der Waals surface area contributed by atoms with Crippen molar-refractivity contribution in [2.24, 2.45) is 0 Å². The number of fused-ring (bicyclic) bond motifs is 1. The molecule has 0 bridgehead atoms. The highest BCUT2D eigenvalue weighted by atomic mass is 35.5. The summed E-state index contributed by atoms with van der Waals surface area (Å²) in [5, 5.41) is 8.63. The Kier molecular flexibility index (Phi) is 8.71. The molecule has 0 amide bonds. The lowest BCUT2D eigenvalue weighted by Gasteiger charge is -2.15. The van der Waals surface area contributed by atoms with Crippen molar-refractivity contribution in [3.63, 3.8) is 0 Å². The zero-order chi connectivity index (χ0) is 27.4. The molecule has 0 aliphatic rings. The molecule has 0 fully saturated rings. The normalized spacial score (nSPS) is 12.0. The summed E-state index contributed by atoms with van der Waals surface area (Å²) in [6.07, 6.45) is 3.02. The van der Waals surface area contributed by atoms with Gasteiger partial charge in [-0.3, -0.25) is 9.97 Å². The Morgan fingerprint density at radius 3 is 2.50 bits per heavy atom. The molecule has 0 aliphatic carbocycles. The molecular formula is C26H29ClF3N5O2Si. The van der Waals surface area contributed by atoms with E-state index in [0.29, 0.717) is 39.5 Å². The highest BCUT2D eigenvalue weighted by Crippen LogP contribution is 2.37. The number of pyridine rings is 2. The van der Waals surface area contributed by atoms with Crippen LogP contribution in [0.1, 0.15) is 5.56 Å². The van der Waals surface area contributed by atoms with Gasteiger partial charge >= 0.3 is 6.61 Å². The summed E-state index contributed by atoms with van der Waals surface area (Å²) >= 11 is 6.02. The number of alkyl halides is 2. The quantitative estimate of drug-likeness (QED) is 0.164. The summed E-state index contributed by atoms with van der Waals surface area (Å²) in [6.45, 7) is 4.73. The van der Waals surface area contributed by atoms with Crippen LogP contribution < -0.4 is 10.1 Å². The van der Waals surface area contributed by atoms with E-state index in [1.165, 1.54) is 24.5 Å². The van der Waals surface area contributed by atoms with E-state index in [2.05, 4.69) is 34.9 Å². The van der Waals surface area contributed by atoms with Crippen LogP contribution >= 0.6 is 11.6 Å². The average molecular weight is 564 g/mol.